The molecule has 5 nitrogen and oxygen atoms in total. The lowest BCUT2D eigenvalue weighted by atomic mass is 10.1. The zero-order valence-electron chi connectivity index (χ0n) is 15.0. The van der Waals surface area contributed by atoms with E-state index in [4.69, 9.17) is 9.47 Å². The average Bonchev–Trinajstić information content (AvgIpc) is 2.58. The summed E-state index contributed by atoms with van der Waals surface area (Å²) in [6.07, 6.45) is -1.44. The second-order valence-electron chi connectivity index (χ2n) is 8.14. The molecule has 0 unspecified atom stereocenters. The molecular formula is C16H29NO4Si. The highest BCUT2D eigenvalue weighted by Crippen LogP contribution is 2.30. The Balaban J connectivity index is 2.98. The van der Waals surface area contributed by atoms with Crippen molar-refractivity contribution in [3.8, 4) is 11.5 Å². The number of hydrogen-bond acceptors (Lipinski definition) is 4. The van der Waals surface area contributed by atoms with E-state index in [2.05, 4.69) is 31.1 Å². The van der Waals surface area contributed by atoms with Gasteiger partial charge >= 0.3 is 6.09 Å². The number of hydrogen-bond donors (Lipinski definition) is 1. The Morgan fingerprint density at radius 1 is 1.41 bits per heavy atom. The minimum atomic E-state index is -1.59. The van der Waals surface area contributed by atoms with Gasteiger partial charge in [-0.1, -0.05) is 25.6 Å². The summed E-state index contributed by atoms with van der Waals surface area (Å²) in [6.45, 7) is 15.6. The zero-order valence-corrected chi connectivity index (χ0v) is 16.0. The van der Waals surface area contributed by atoms with Gasteiger partial charge in [-0.05, 0) is 34.6 Å². The number of aliphatic hydroxyl groups is 1. The lowest BCUT2D eigenvalue weighted by Gasteiger charge is -2.35. The second-order valence-corrected chi connectivity index (χ2v) is 12.9. The fourth-order valence-electron chi connectivity index (χ4n) is 2.12. The molecule has 0 aromatic carbocycles. The topological polar surface area (TPSA) is 59.0 Å². The van der Waals surface area contributed by atoms with Crippen molar-refractivity contribution in [1.82, 2.24) is 4.90 Å². The van der Waals surface area contributed by atoms with Crippen LogP contribution in [0.25, 0.3) is 0 Å². The van der Waals surface area contributed by atoms with Gasteiger partial charge in [-0.15, -0.1) is 5.54 Å². The van der Waals surface area contributed by atoms with Crippen LogP contribution in [-0.4, -0.2) is 54.3 Å². The van der Waals surface area contributed by atoms with Gasteiger partial charge in [0.1, 0.15) is 25.5 Å². The lowest BCUT2D eigenvalue weighted by Crippen LogP contribution is -2.53. The molecule has 1 heterocycles. The van der Waals surface area contributed by atoms with Crippen molar-refractivity contribution in [1.29, 1.82) is 0 Å². The molecule has 1 rings (SSSR count). The number of amides is 1. The molecule has 22 heavy (non-hydrogen) atoms. The molecule has 0 aliphatic carbocycles. The van der Waals surface area contributed by atoms with E-state index in [0.29, 0.717) is 0 Å². The van der Waals surface area contributed by atoms with E-state index in [-0.39, 0.29) is 6.61 Å². The summed E-state index contributed by atoms with van der Waals surface area (Å²) in [4.78, 5) is 13.9. The molecule has 1 aliphatic heterocycles. The Morgan fingerprint density at radius 3 is 2.41 bits per heavy atom. The van der Waals surface area contributed by atoms with Crippen LogP contribution < -0.4 is 0 Å². The van der Waals surface area contributed by atoms with Crippen molar-refractivity contribution >= 4 is 14.2 Å². The number of ether oxygens (including phenoxy) is 2. The fraction of sp³-hybridized carbons (Fsp3) is 0.812. The molecule has 0 radical (unpaired) electrons. The predicted octanol–water partition coefficient (Wildman–Crippen LogP) is 2.60. The van der Waals surface area contributed by atoms with E-state index >= 15 is 0 Å². The van der Waals surface area contributed by atoms with Crippen LogP contribution in [0.3, 0.4) is 0 Å². The Bertz CT molecular complexity index is 479. The Hall–Kier alpha value is -1.03. The van der Waals surface area contributed by atoms with Crippen molar-refractivity contribution in [2.45, 2.75) is 77.7 Å². The van der Waals surface area contributed by atoms with Gasteiger partial charge in [-0.3, -0.25) is 4.90 Å². The van der Waals surface area contributed by atoms with Crippen LogP contribution in [0.5, 0.6) is 0 Å². The maximum Gasteiger partial charge on any atom is 0.413 e. The molecule has 0 spiro atoms. The van der Waals surface area contributed by atoms with Crippen molar-refractivity contribution in [3.05, 3.63) is 0 Å². The average molecular weight is 327 g/mol. The van der Waals surface area contributed by atoms with E-state index in [1.165, 1.54) is 4.90 Å². The van der Waals surface area contributed by atoms with Gasteiger partial charge in [0.15, 0.2) is 0 Å². The van der Waals surface area contributed by atoms with Gasteiger partial charge < -0.3 is 14.6 Å². The molecule has 126 valence electrons. The molecule has 0 bridgehead atoms. The molecule has 0 aromatic heterocycles. The monoisotopic (exact) mass is 327 g/mol. The minimum Gasteiger partial charge on any atom is -0.444 e. The molecule has 2 atom stereocenters. The third-order valence-corrected chi connectivity index (χ3v) is 3.96. The van der Waals surface area contributed by atoms with Gasteiger partial charge in [0, 0.05) is 0 Å². The first kappa shape index (κ1) is 19.0. The molecule has 1 amide bonds. The summed E-state index contributed by atoms with van der Waals surface area (Å²) in [6, 6.07) is -0.520. The van der Waals surface area contributed by atoms with Crippen LogP contribution in [0, 0.1) is 11.5 Å². The summed E-state index contributed by atoms with van der Waals surface area (Å²) in [5.41, 5.74) is 1.71. The van der Waals surface area contributed by atoms with E-state index in [1.54, 1.807) is 13.8 Å². The first-order chi connectivity index (χ1) is 9.73. The largest absolute Gasteiger partial charge is 0.444 e. The number of nitrogens with zero attached hydrogens (tertiary/aromatic N) is 1. The van der Waals surface area contributed by atoms with Crippen LogP contribution in [0.4, 0.5) is 4.79 Å². The summed E-state index contributed by atoms with van der Waals surface area (Å²) in [5, 5.41) is 10.4. The van der Waals surface area contributed by atoms with E-state index in [0.717, 1.165) is 0 Å². The van der Waals surface area contributed by atoms with Gasteiger partial charge in [0.05, 0.1) is 12.6 Å². The maximum atomic E-state index is 12.5. The minimum absolute atomic E-state index is 0.244. The zero-order chi connectivity index (χ0) is 17.3. The quantitative estimate of drug-likeness (QED) is 0.594. The molecule has 0 aromatic rings. The van der Waals surface area contributed by atoms with Crippen molar-refractivity contribution in [2.24, 2.45) is 0 Å². The highest BCUT2D eigenvalue weighted by atomic mass is 28.3. The van der Waals surface area contributed by atoms with Crippen molar-refractivity contribution in [2.75, 3.05) is 6.61 Å². The van der Waals surface area contributed by atoms with Crippen LogP contribution in [-0.2, 0) is 9.47 Å². The van der Waals surface area contributed by atoms with Crippen LogP contribution in [0.15, 0.2) is 0 Å². The molecule has 6 heteroatoms. The first-order valence-corrected chi connectivity index (χ1v) is 11.1. The normalized spacial score (nSPS) is 22.8. The SMILES string of the molecule is CC(C)(C)OC(=O)N1[C@H]([C@H](O)C#C[Si](C)(C)C)COC1(C)C. The molecular weight excluding hydrogens is 298 g/mol. The molecule has 0 saturated carbocycles. The Kier molecular flexibility index (Phi) is 5.38. The van der Waals surface area contributed by atoms with Gasteiger partial charge in [0.2, 0.25) is 0 Å². The first-order valence-electron chi connectivity index (χ1n) is 7.60. The number of carbonyl (C=O) groups excluding carboxylic acids is 1. The van der Waals surface area contributed by atoms with E-state index in [1.807, 2.05) is 20.8 Å². The predicted molar refractivity (Wildman–Crippen MR) is 89.0 cm³/mol. The number of rotatable bonds is 1. The maximum absolute atomic E-state index is 12.5. The highest BCUT2D eigenvalue weighted by molar-refractivity contribution is 6.83. The van der Waals surface area contributed by atoms with Crippen molar-refractivity contribution in [3.63, 3.8) is 0 Å². The number of carbonyl (C=O) groups is 1. The van der Waals surface area contributed by atoms with Crippen LogP contribution in [0.2, 0.25) is 19.6 Å². The summed E-state index contributed by atoms with van der Waals surface area (Å²) < 4.78 is 11.1. The van der Waals surface area contributed by atoms with Crippen molar-refractivity contribution < 1.29 is 19.4 Å². The summed E-state index contributed by atoms with van der Waals surface area (Å²) in [7, 11) is -1.59. The number of aliphatic hydroxyl groups excluding tert-OH is 1. The second kappa shape index (κ2) is 6.23. The third kappa shape index (κ3) is 5.31. The van der Waals surface area contributed by atoms with Crippen LogP contribution >= 0.6 is 0 Å². The highest BCUT2D eigenvalue weighted by Gasteiger charge is 2.48. The summed E-state index contributed by atoms with van der Waals surface area (Å²) >= 11 is 0. The van der Waals surface area contributed by atoms with E-state index in [9.17, 15) is 9.90 Å². The molecule has 1 aliphatic rings. The van der Waals surface area contributed by atoms with Gasteiger partial charge in [0.25, 0.3) is 0 Å². The molecule has 1 fully saturated rings. The van der Waals surface area contributed by atoms with E-state index < -0.39 is 37.6 Å². The smallest absolute Gasteiger partial charge is 0.413 e. The Morgan fingerprint density at radius 2 is 1.95 bits per heavy atom. The van der Waals surface area contributed by atoms with Gasteiger partial charge in [-0.25, -0.2) is 4.79 Å². The summed E-state index contributed by atoms with van der Waals surface area (Å²) in [5.74, 6) is 2.89. The lowest BCUT2D eigenvalue weighted by molar-refractivity contribution is -0.0658. The molecule has 1 saturated heterocycles. The molecule has 1 N–H and O–H groups in total. The van der Waals surface area contributed by atoms with Crippen LogP contribution in [0.1, 0.15) is 34.6 Å². The standard InChI is InChI=1S/C16H29NO4Si/c1-15(2,3)21-14(19)17-12(11-20-16(17,4)5)13(18)9-10-22(6,7)8/h12-13,18H,11H2,1-8H3/t12-,13+/m0/s1. The third-order valence-electron chi connectivity index (χ3n) is 3.07. The fourth-order valence-corrected chi connectivity index (χ4v) is 2.70. The van der Waals surface area contributed by atoms with Gasteiger partial charge in [-0.2, -0.15) is 0 Å². The Labute approximate surface area is 135 Å².